The van der Waals surface area contributed by atoms with Crippen LogP contribution in [0.5, 0.6) is 0 Å². The number of rotatable bonds is 1. The Kier molecular flexibility index (Phi) is 2.67. The minimum atomic E-state index is 0.389. The van der Waals surface area contributed by atoms with Crippen molar-refractivity contribution in [1.82, 2.24) is 4.98 Å². The van der Waals surface area contributed by atoms with Crippen LogP contribution in [0.15, 0.2) is 18.3 Å². The predicted octanol–water partition coefficient (Wildman–Crippen LogP) is 1.67. The Morgan fingerprint density at radius 3 is 3.00 bits per heavy atom. The monoisotopic (exact) mass is 233 g/mol. The van der Waals surface area contributed by atoms with Crippen molar-refractivity contribution in [1.29, 1.82) is 0 Å². The molecule has 0 aliphatic carbocycles. The molecule has 1 aromatic heterocycles. The van der Waals surface area contributed by atoms with Crippen LogP contribution in [-0.4, -0.2) is 31.3 Å². The molecular weight excluding hydrogens is 214 g/mol. The maximum absolute atomic E-state index is 5.62. The highest BCUT2D eigenvalue weighted by atomic mass is 16.5. The number of nitrogen functional groups attached to an aromatic ring is 1. The van der Waals surface area contributed by atoms with Crippen LogP contribution in [-0.2, 0) is 4.74 Å². The third-order valence-electron chi connectivity index (χ3n) is 3.98. The van der Waals surface area contributed by atoms with Crippen molar-refractivity contribution in [2.75, 3.05) is 36.9 Å². The highest BCUT2D eigenvalue weighted by molar-refractivity contribution is 5.48. The molecule has 1 spiro atoms. The molecule has 92 valence electrons. The van der Waals surface area contributed by atoms with Gasteiger partial charge in [-0.2, -0.15) is 0 Å². The zero-order valence-corrected chi connectivity index (χ0v) is 10.1. The van der Waals surface area contributed by atoms with Gasteiger partial charge in [-0.15, -0.1) is 0 Å². The molecule has 0 unspecified atom stereocenters. The number of hydrogen-bond acceptors (Lipinski definition) is 4. The second-order valence-corrected chi connectivity index (χ2v) is 5.27. The zero-order chi connectivity index (χ0) is 11.7. The zero-order valence-electron chi connectivity index (χ0n) is 10.1. The standard InChI is InChI=1S/C13H19N3O/c14-12-3-2-11(8-15-12)16-6-1-4-13(9-16)5-7-17-10-13/h2-3,8H,1,4-7,9-10H2,(H2,14,15)/t13-/m1/s1. The van der Waals surface area contributed by atoms with Crippen molar-refractivity contribution in [2.45, 2.75) is 19.3 Å². The normalized spacial score (nSPS) is 28.8. The van der Waals surface area contributed by atoms with Crippen LogP contribution in [0.25, 0.3) is 0 Å². The largest absolute Gasteiger partial charge is 0.384 e. The van der Waals surface area contributed by atoms with E-state index in [9.17, 15) is 0 Å². The maximum atomic E-state index is 5.62. The molecular formula is C13H19N3O. The first-order valence-electron chi connectivity index (χ1n) is 6.32. The molecule has 0 radical (unpaired) electrons. The summed E-state index contributed by atoms with van der Waals surface area (Å²) in [5.41, 5.74) is 7.20. The van der Waals surface area contributed by atoms with E-state index < -0.39 is 0 Å². The quantitative estimate of drug-likeness (QED) is 0.801. The molecule has 0 saturated carbocycles. The van der Waals surface area contributed by atoms with E-state index in [1.54, 1.807) is 0 Å². The lowest BCUT2D eigenvalue weighted by Crippen LogP contribution is -2.43. The fraction of sp³-hybridized carbons (Fsp3) is 0.615. The number of hydrogen-bond donors (Lipinski definition) is 1. The number of aromatic nitrogens is 1. The Balaban J connectivity index is 1.77. The molecule has 2 fully saturated rings. The lowest BCUT2D eigenvalue weighted by Gasteiger charge is -2.40. The van der Waals surface area contributed by atoms with Crippen LogP contribution in [0.2, 0.25) is 0 Å². The van der Waals surface area contributed by atoms with Crippen molar-refractivity contribution in [3.8, 4) is 0 Å². The van der Waals surface area contributed by atoms with Crippen LogP contribution in [0, 0.1) is 5.41 Å². The van der Waals surface area contributed by atoms with E-state index in [0.717, 1.165) is 26.3 Å². The first kappa shape index (κ1) is 10.8. The van der Waals surface area contributed by atoms with Gasteiger partial charge in [0, 0.05) is 25.1 Å². The lowest BCUT2D eigenvalue weighted by atomic mass is 9.79. The molecule has 0 aromatic carbocycles. The van der Waals surface area contributed by atoms with Gasteiger partial charge in [-0.1, -0.05) is 0 Å². The lowest BCUT2D eigenvalue weighted by molar-refractivity contribution is 0.139. The fourth-order valence-corrected chi connectivity index (χ4v) is 2.98. The van der Waals surface area contributed by atoms with E-state index in [1.165, 1.54) is 24.9 Å². The van der Waals surface area contributed by atoms with Crippen molar-refractivity contribution in [3.63, 3.8) is 0 Å². The average molecular weight is 233 g/mol. The van der Waals surface area contributed by atoms with Gasteiger partial charge in [-0.25, -0.2) is 4.98 Å². The van der Waals surface area contributed by atoms with Crippen molar-refractivity contribution < 1.29 is 4.74 Å². The summed E-state index contributed by atoms with van der Waals surface area (Å²) in [5.74, 6) is 0.588. The van der Waals surface area contributed by atoms with Gasteiger partial charge < -0.3 is 15.4 Å². The topological polar surface area (TPSA) is 51.4 Å². The minimum absolute atomic E-state index is 0.389. The molecule has 4 heteroatoms. The van der Waals surface area contributed by atoms with Crippen LogP contribution >= 0.6 is 0 Å². The summed E-state index contributed by atoms with van der Waals surface area (Å²) in [6.45, 7) is 4.06. The van der Waals surface area contributed by atoms with E-state index in [1.807, 2.05) is 12.3 Å². The Hall–Kier alpha value is -1.29. The Labute approximate surface area is 102 Å². The number of pyridine rings is 1. The summed E-state index contributed by atoms with van der Waals surface area (Å²) < 4.78 is 5.58. The van der Waals surface area contributed by atoms with Gasteiger partial charge in [0.05, 0.1) is 18.5 Å². The van der Waals surface area contributed by atoms with Crippen molar-refractivity contribution in [2.24, 2.45) is 5.41 Å². The van der Waals surface area contributed by atoms with Gasteiger partial charge in [0.2, 0.25) is 0 Å². The van der Waals surface area contributed by atoms with Gasteiger partial charge >= 0.3 is 0 Å². The predicted molar refractivity (Wildman–Crippen MR) is 68.0 cm³/mol. The van der Waals surface area contributed by atoms with Gasteiger partial charge in [0.1, 0.15) is 5.82 Å². The molecule has 2 aliphatic heterocycles. The summed E-state index contributed by atoms with van der Waals surface area (Å²) in [7, 11) is 0. The number of nitrogens with zero attached hydrogens (tertiary/aromatic N) is 2. The summed E-state index contributed by atoms with van der Waals surface area (Å²) in [5, 5.41) is 0. The van der Waals surface area contributed by atoms with E-state index in [2.05, 4.69) is 16.0 Å². The highest BCUT2D eigenvalue weighted by Crippen LogP contribution is 2.38. The Bertz CT molecular complexity index is 384. The van der Waals surface area contributed by atoms with Gasteiger partial charge in [0.25, 0.3) is 0 Å². The molecule has 3 heterocycles. The van der Waals surface area contributed by atoms with Crippen LogP contribution in [0.1, 0.15) is 19.3 Å². The fourth-order valence-electron chi connectivity index (χ4n) is 2.98. The van der Waals surface area contributed by atoms with Crippen molar-refractivity contribution in [3.05, 3.63) is 18.3 Å². The molecule has 0 amide bonds. The molecule has 2 aliphatic rings. The number of ether oxygens (including phenoxy) is 1. The molecule has 1 atom stereocenters. The Morgan fingerprint density at radius 2 is 2.29 bits per heavy atom. The molecule has 4 nitrogen and oxygen atoms in total. The summed E-state index contributed by atoms with van der Waals surface area (Å²) >= 11 is 0. The van der Waals surface area contributed by atoms with Gasteiger partial charge in [-0.05, 0) is 31.4 Å². The van der Waals surface area contributed by atoms with Crippen molar-refractivity contribution >= 4 is 11.5 Å². The molecule has 17 heavy (non-hydrogen) atoms. The maximum Gasteiger partial charge on any atom is 0.123 e. The summed E-state index contributed by atoms with van der Waals surface area (Å²) in [6.07, 6.45) is 5.62. The number of anilines is 2. The second-order valence-electron chi connectivity index (χ2n) is 5.27. The minimum Gasteiger partial charge on any atom is -0.384 e. The summed E-state index contributed by atoms with van der Waals surface area (Å²) in [4.78, 5) is 6.60. The van der Waals surface area contributed by atoms with E-state index in [0.29, 0.717) is 11.2 Å². The van der Waals surface area contributed by atoms with E-state index in [-0.39, 0.29) is 0 Å². The van der Waals surface area contributed by atoms with Gasteiger partial charge in [0.15, 0.2) is 0 Å². The smallest absolute Gasteiger partial charge is 0.123 e. The van der Waals surface area contributed by atoms with Crippen LogP contribution < -0.4 is 10.6 Å². The van der Waals surface area contributed by atoms with Crippen LogP contribution in [0.3, 0.4) is 0 Å². The highest BCUT2D eigenvalue weighted by Gasteiger charge is 2.38. The van der Waals surface area contributed by atoms with E-state index in [4.69, 9.17) is 10.5 Å². The number of piperidine rings is 1. The first-order chi connectivity index (χ1) is 8.27. The molecule has 0 bridgehead atoms. The second kappa shape index (κ2) is 4.18. The third kappa shape index (κ3) is 2.09. The third-order valence-corrected chi connectivity index (χ3v) is 3.98. The molecule has 2 N–H and O–H groups in total. The van der Waals surface area contributed by atoms with Gasteiger partial charge in [-0.3, -0.25) is 0 Å². The summed E-state index contributed by atoms with van der Waals surface area (Å²) in [6, 6.07) is 3.94. The Morgan fingerprint density at radius 1 is 1.35 bits per heavy atom. The SMILES string of the molecule is Nc1ccc(N2CCC[C@@]3(CCOC3)C2)cn1. The first-order valence-corrected chi connectivity index (χ1v) is 6.32. The molecule has 3 rings (SSSR count). The average Bonchev–Trinajstić information content (AvgIpc) is 2.78. The van der Waals surface area contributed by atoms with E-state index >= 15 is 0 Å². The molecule has 2 saturated heterocycles. The number of nitrogens with two attached hydrogens (primary N) is 1. The van der Waals surface area contributed by atoms with Crippen LogP contribution in [0.4, 0.5) is 11.5 Å². The molecule has 1 aromatic rings.